The first-order chi connectivity index (χ1) is 12.8. The van der Waals surface area contributed by atoms with Crippen LogP contribution < -0.4 is 21.7 Å². The Bertz CT molecular complexity index is 923. The Kier molecular flexibility index (Phi) is 3.91. The van der Waals surface area contributed by atoms with E-state index in [1.54, 1.807) is 0 Å². The molecule has 2 saturated heterocycles. The van der Waals surface area contributed by atoms with Crippen LogP contribution in [0, 0.1) is 0 Å². The predicted octanol–water partition coefficient (Wildman–Crippen LogP) is 0.204. The molecule has 0 radical (unpaired) electrons. The molecule has 0 aromatic carbocycles. The summed E-state index contributed by atoms with van der Waals surface area (Å²) in [5.74, 6) is -1.86. The Morgan fingerprint density at radius 1 is 1.41 bits per heavy atom. The summed E-state index contributed by atoms with van der Waals surface area (Å²) in [4.78, 5) is 33.0. The van der Waals surface area contributed by atoms with Gasteiger partial charge in [0.25, 0.3) is 11.4 Å². The number of nitrogens with two attached hydrogens (primary N) is 1. The molecule has 3 atom stereocenters. The Labute approximate surface area is 156 Å². The van der Waals surface area contributed by atoms with Gasteiger partial charge in [-0.3, -0.25) is 10.1 Å². The van der Waals surface area contributed by atoms with Crippen LogP contribution in [0.5, 0.6) is 0 Å². The van der Waals surface area contributed by atoms with E-state index in [1.807, 2.05) is 0 Å². The van der Waals surface area contributed by atoms with Crippen molar-refractivity contribution >= 4 is 35.1 Å². The molecular formula is C15H15ClF2N7O2+. The lowest BCUT2D eigenvalue weighted by Gasteiger charge is -2.41. The molecule has 0 aliphatic carbocycles. The summed E-state index contributed by atoms with van der Waals surface area (Å²) in [6, 6.07) is 1.33. The average Bonchev–Trinajstić information content (AvgIpc) is 2.84. The van der Waals surface area contributed by atoms with Crippen molar-refractivity contribution in [3.8, 4) is 0 Å². The molecule has 9 nitrogen and oxygen atoms in total. The van der Waals surface area contributed by atoms with Gasteiger partial charge in [0.1, 0.15) is 23.0 Å². The zero-order chi connectivity index (χ0) is 19.4. The minimum atomic E-state index is -2.13. The van der Waals surface area contributed by atoms with Gasteiger partial charge >= 0.3 is 11.8 Å². The molecule has 27 heavy (non-hydrogen) atoms. The number of quaternary nitrogens is 1. The number of fused-ring (bicyclic) bond motifs is 2. The maximum absolute atomic E-state index is 16.2. The zero-order valence-electron chi connectivity index (χ0n) is 13.8. The summed E-state index contributed by atoms with van der Waals surface area (Å²) in [7, 11) is 0. The summed E-state index contributed by atoms with van der Waals surface area (Å²) in [5.41, 5.74) is 2.50. The first kappa shape index (κ1) is 17.8. The number of allylic oxidation sites excluding steroid dienone is 2. The fraction of sp³-hybridized carbons (Fsp3) is 0.333. The molecule has 3 aliphatic rings. The molecule has 2 amide bonds. The summed E-state index contributed by atoms with van der Waals surface area (Å²) in [6.45, 7) is 0.0183. The number of amides is 2. The molecule has 1 aromatic heterocycles. The molecule has 2 fully saturated rings. The van der Waals surface area contributed by atoms with Crippen molar-refractivity contribution in [3.63, 3.8) is 0 Å². The van der Waals surface area contributed by atoms with Gasteiger partial charge in [0.15, 0.2) is 11.9 Å². The van der Waals surface area contributed by atoms with Gasteiger partial charge in [0, 0.05) is 15.3 Å². The van der Waals surface area contributed by atoms with E-state index >= 15 is 4.48 Å². The Morgan fingerprint density at radius 3 is 2.89 bits per heavy atom. The highest BCUT2D eigenvalue weighted by Gasteiger charge is 2.76. The molecule has 1 spiro atoms. The fourth-order valence-corrected chi connectivity index (χ4v) is 3.89. The third-order valence-corrected chi connectivity index (χ3v) is 5.14. The number of carbonyl (C=O) groups excluding carboxylic acids is 2. The van der Waals surface area contributed by atoms with E-state index in [9.17, 15) is 14.0 Å². The number of rotatable bonds is 2. The summed E-state index contributed by atoms with van der Waals surface area (Å²) < 4.78 is 28.9. The van der Waals surface area contributed by atoms with Crippen molar-refractivity contribution in [2.75, 3.05) is 24.1 Å². The maximum Gasteiger partial charge on any atom is 0.407 e. The van der Waals surface area contributed by atoms with Crippen LogP contribution in [-0.2, 0) is 9.59 Å². The van der Waals surface area contributed by atoms with E-state index in [0.29, 0.717) is 6.54 Å². The number of anilines is 2. The smallest absolute Gasteiger partial charge is 0.384 e. The monoisotopic (exact) mass is 398 g/mol. The van der Waals surface area contributed by atoms with Crippen LogP contribution in [-0.4, -0.2) is 51.4 Å². The van der Waals surface area contributed by atoms with E-state index in [0.717, 1.165) is 12.4 Å². The Balaban J connectivity index is 1.81. The SMILES string of the molecule is Nc1cc(NC2=CC(Cl)=C3C(=O)NC4(CNCCC4F)[N+]3(F)C2=O)ncn1. The van der Waals surface area contributed by atoms with Gasteiger partial charge in [-0.05, 0) is 19.0 Å². The third-order valence-electron chi connectivity index (χ3n) is 4.85. The van der Waals surface area contributed by atoms with Crippen LogP contribution in [0.4, 0.5) is 20.5 Å². The molecule has 5 N–H and O–H groups in total. The summed E-state index contributed by atoms with van der Waals surface area (Å²) in [6.07, 6.45) is 0.388. The molecule has 142 valence electrons. The number of aromatic nitrogens is 2. The van der Waals surface area contributed by atoms with Gasteiger partial charge in [-0.15, -0.1) is 0 Å². The van der Waals surface area contributed by atoms with Gasteiger partial charge < -0.3 is 16.4 Å². The van der Waals surface area contributed by atoms with E-state index in [1.165, 1.54) is 6.07 Å². The van der Waals surface area contributed by atoms with Crippen LogP contribution >= 0.6 is 11.6 Å². The van der Waals surface area contributed by atoms with Gasteiger partial charge in [0.05, 0.1) is 6.54 Å². The van der Waals surface area contributed by atoms with Crippen LogP contribution in [0.1, 0.15) is 6.42 Å². The van der Waals surface area contributed by atoms with Crippen LogP contribution in [0.2, 0.25) is 0 Å². The lowest BCUT2D eigenvalue weighted by atomic mass is 9.95. The standard InChI is InChI=1S/C15H14ClF2N7O2/c16-7-3-8(23-11-4-10(19)21-6-22-11)14(27)25(18)12(7)13(26)24-15(25)5-20-2-1-9(15)17/h3-4,6,9,20H,1-2,5H2,(H3-,19,21,22,23,24,26)/p+1. The van der Waals surface area contributed by atoms with Gasteiger partial charge in [-0.1, -0.05) is 11.6 Å². The van der Waals surface area contributed by atoms with Crippen molar-refractivity contribution < 1.29 is 23.2 Å². The first-order valence-electron chi connectivity index (χ1n) is 8.07. The number of alkyl halides is 1. The molecule has 1 aromatic rings. The van der Waals surface area contributed by atoms with Crippen molar-refractivity contribution in [2.45, 2.75) is 18.3 Å². The average molecular weight is 399 g/mol. The Morgan fingerprint density at radius 2 is 2.19 bits per heavy atom. The van der Waals surface area contributed by atoms with E-state index in [-0.39, 0.29) is 35.3 Å². The van der Waals surface area contributed by atoms with Gasteiger partial charge in [0.2, 0.25) is 0 Å². The molecular weight excluding hydrogens is 384 g/mol. The van der Waals surface area contributed by atoms with Crippen molar-refractivity contribution in [1.29, 1.82) is 0 Å². The van der Waals surface area contributed by atoms with E-state index in [2.05, 4.69) is 25.9 Å². The second kappa shape index (κ2) is 5.94. The quantitative estimate of drug-likeness (QED) is 0.525. The number of piperidine rings is 1. The normalized spacial score (nSPS) is 33.0. The van der Waals surface area contributed by atoms with E-state index < -0.39 is 34.1 Å². The predicted molar refractivity (Wildman–Crippen MR) is 90.7 cm³/mol. The number of hydrogen-bond acceptors (Lipinski definition) is 7. The summed E-state index contributed by atoms with van der Waals surface area (Å²) >= 11 is 6.10. The molecule has 3 unspecified atom stereocenters. The maximum atomic E-state index is 16.2. The minimum Gasteiger partial charge on any atom is -0.384 e. The second-order valence-corrected chi connectivity index (χ2v) is 6.82. The highest BCUT2D eigenvalue weighted by molar-refractivity contribution is 6.34. The topological polar surface area (TPSA) is 122 Å². The number of hydrogen-bond donors (Lipinski definition) is 4. The lowest BCUT2D eigenvalue weighted by molar-refractivity contribution is -0.996. The number of nitrogens with one attached hydrogen (secondary N) is 3. The van der Waals surface area contributed by atoms with Crippen molar-refractivity contribution in [2.24, 2.45) is 0 Å². The summed E-state index contributed by atoms with van der Waals surface area (Å²) in [5, 5.41) is 7.44. The largest absolute Gasteiger partial charge is 0.407 e. The van der Waals surface area contributed by atoms with Gasteiger partial charge in [-0.25, -0.2) is 19.2 Å². The highest BCUT2D eigenvalue weighted by atomic mass is 35.5. The molecule has 4 heterocycles. The molecule has 0 bridgehead atoms. The Hall–Kier alpha value is -2.63. The molecule has 3 aliphatic heterocycles. The second-order valence-electron chi connectivity index (χ2n) is 6.41. The number of halogens is 3. The van der Waals surface area contributed by atoms with Crippen LogP contribution in [0.3, 0.4) is 0 Å². The van der Waals surface area contributed by atoms with Crippen LogP contribution in [0.15, 0.2) is 34.9 Å². The molecule has 4 rings (SSSR count). The first-order valence-corrected chi connectivity index (χ1v) is 8.45. The number of nitrogen functional groups attached to an aromatic ring is 1. The zero-order valence-corrected chi connectivity index (χ0v) is 14.6. The van der Waals surface area contributed by atoms with E-state index in [4.69, 9.17) is 17.3 Å². The van der Waals surface area contributed by atoms with Crippen LogP contribution in [0.25, 0.3) is 0 Å². The van der Waals surface area contributed by atoms with Crippen molar-refractivity contribution in [1.82, 2.24) is 20.6 Å². The number of carbonyl (C=O) groups is 2. The minimum absolute atomic E-state index is 0.0721. The third kappa shape index (κ3) is 2.35. The molecule has 12 heteroatoms. The molecule has 0 saturated carbocycles. The van der Waals surface area contributed by atoms with Crippen molar-refractivity contribution in [3.05, 3.63) is 34.9 Å². The lowest BCUT2D eigenvalue weighted by Crippen LogP contribution is -2.74. The number of nitrogens with zero attached hydrogens (tertiary/aromatic N) is 3. The highest BCUT2D eigenvalue weighted by Crippen LogP contribution is 2.47. The fourth-order valence-electron chi connectivity index (χ4n) is 3.58. The van der Waals surface area contributed by atoms with Gasteiger partial charge in [-0.2, -0.15) is 0 Å².